The van der Waals surface area contributed by atoms with Crippen LogP contribution in [-0.4, -0.2) is 11.2 Å². The fourth-order valence-electron chi connectivity index (χ4n) is 3.30. The highest BCUT2D eigenvalue weighted by Gasteiger charge is 2.39. The third-order valence-corrected chi connectivity index (χ3v) is 3.90. The highest BCUT2D eigenvalue weighted by Crippen LogP contribution is 2.49. The van der Waals surface area contributed by atoms with E-state index in [1.54, 1.807) is 0 Å². The molecule has 13 heavy (non-hydrogen) atoms. The zero-order valence-corrected chi connectivity index (χ0v) is 8.28. The van der Waals surface area contributed by atoms with Gasteiger partial charge in [-0.25, -0.2) is 0 Å². The second kappa shape index (κ2) is 3.83. The molecule has 2 bridgehead atoms. The third-order valence-electron chi connectivity index (χ3n) is 3.90. The van der Waals surface area contributed by atoms with Crippen molar-refractivity contribution in [1.82, 2.24) is 0 Å². The van der Waals surface area contributed by atoms with Gasteiger partial charge >= 0.3 is 0 Å². The minimum Gasteiger partial charge on any atom is -0.393 e. The topological polar surface area (TPSA) is 20.2 Å². The van der Waals surface area contributed by atoms with Crippen molar-refractivity contribution in [2.45, 2.75) is 44.6 Å². The molecule has 0 radical (unpaired) electrons. The van der Waals surface area contributed by atoms with Crippen LogP contribution in [0.1, 0.15) is 38.5 Å². The molecule has 2 fully saturated rings. The van der Waals surface area contributed by atoms with Gasteiger partial charge in [0.2, 0.25) is 0 Å². The lowest BCUT2D eigenvalue weighted by Crippen LogP contribution is -2.17. The van der Waals surface area contributed by atoms with E-state index < -0.39 is 0 Å². The third kappa shape index (κ3) is 1.96. The van der Waals surface area contributed by atoms with Crippen molar-refractivity contribution < 1.29 is 5.11 Å². The Morgan fingerprint density at radius 1 is 1.38 bits per heavy atom. The number of aliphatic hydroxyl groups excluding tert-OH is 1. The molecule has 1 N–H and O–H groups in total. The molecule has 0 saturated heterocycles. The Balaban J connectivity index is 1.79. The summed E-state index contributed by atoms with van der Waals surface area (Å²) < 4.78 is 0. The van der Waals surface area contributed by atoms with Gasteiger partial charge in [0, 0.05) is 0 Å². The molecule has 74 valence electrons. The Labute approximate surface area is 80.8 Å². The highest BCUT2D eigenvalue weighted by atomic mass is 16.3. The minimum absolute atomic E-state index is 0.123. The van der Waals surface area contributed by atoms with Crippen LogP contribution >= 0.6 is 0 Å². The average Bonchev–Trinajstić information content (AvgIpc) is 2.65. The van der Waals surface area contributed by atoms with Gasteiger partial charge < -0.3 is 5.11 Å². The average molecular weight is 180 g/mol. The van der Waals surface area contributed by atoms with E-state index in [9.17, 15) is 5.11 Å². The van der Waals surface area contributed by atoms with Crippen LogP contribution in [0.25, 0.3) is 0 Å². The minimum atomic E-state index is -0.123. The first-order valence-electron chi connectivity index (χ1n) is 5.58. The molecule has 0 heterocycles. The fourth-order valence-corrected chi connectivity index (χ4v) is 3.30. The van der Waals surface area contributed by atoms with Crippen LogP contribution in [0.15, 0.2) is 12.7 Å². The summed E-state index contributed by atoms with van der Waals surface area (Å²) in [6, 6.07) is 0. The molecule has 2 aliphatic rings. The Morgan fingerprint density at radius 3 is 2.77 bits per heavy atom. The Hall–Kier alpha value is -0.300. The van der Waals surface area contributed by atoms with Gasteiger partial charge in [0.05, 0.1) is 6.10 Å². The van der Waals surface area contributed by atoms with Gasteiger partial charge in [-0.1, -0.05) is 12.5 Å². The smallest absolute Gasteiger partial charge is 0.0577 e. The predicted octanol–water partition coefficient (Wildman–Crippen LogP) is 2.75. The number of hydrogen-bond donors (Lipinski definition) is 1. The SMILES string of the molecule is C=CCC(O)CC1CC2CCC1C2. The summed E-state index contributed by atoms with van der Waals surface area (Å²) in [5.41, 5.74) is 0. The van der Waals surface area contributed by atoms with Gasteiger partial charge in [-0.15, -0.1) is 6.58 Å². The standard InChI is InChI=1S/C12H20O/c1-2-3-12(13)8-11-7-9-4-5-10(11)6-9/h2,9-13H,1,3-8H2. The van der Waals surface area contributed by atoms with Crippen LogP contribution in [0, 0.1) is 17.8 Å². The maximum absolute atomic E-state index is 9.67. The summed E-state index contributed by atoms with van der Waals surface area (Å²) in [4.78, 5) is 0. The lowest BCUT2D eigenvalue weighted by Gasteiger charge is -2.23. The first-order valence-corrected chi connectivity index (χ1v) is 5.58. The van der Waals surface area contributed by atoms with Crippen molar-refractivity contribution in [2.75, 3.05) is 0 Å². The maximum Gasteiger partial charge on any atom is 0.0577 e. The zero-order valence-electron chi connectivity index (χ0n) is 8.28. The lowest BCUT2D eigenvalue weighted by atomic mass is 9.84. The number of fused-ring (bicyclic) bond motifs is 2. The second-order valence-electron chi connectivity index (χ2n) is 4.85. The molecule has 4 unspecified atom stereocenters. The summed E-state index contributed by atoms with van der Waals surface area (Å²) in [6.45, 7) is 3.66. The number of hydrogen-bond acceptors (Lipinski definition) is 1. The largest absolute Gasteiger partial charge is 0.393 e. The second-order valence-corrected chi connectivity index (χ2v) is 4.85. The summed E-state index contributed by atoms with van der Waals surface area (Å²) in [7, 11) is 0. The predicted molar refractivity (Wildman–Crippen MR) is 54.4 cm³/mol. The maximum atomic E-state index is 9.67. The molecule has 0 aromatic heterocycles. The normalized spacial score (nSPS) is 39.3. The molecule has 0 aromatic carbocycles. The summed E-state index contributed by atoms with van der Waals surface area (Å²) in [5, 5.41) is 9.67. The van der Waals surface area contributed by atoms with Crippen LogP contribution < -0.4 is 0 Å². The van der Waals surface area contributed by atoms with Crippen LogP contribution in [-0.2, 0) is 0 Å². The first-order chi connectivity index (χ1) is 6.29. The van der Waals surface area contributed by atoms with Crippen LogP contribution in [0.5, 0.6) is 0 Å². The van der Waals surface area contributed by atoms with E-state index in [2.05, 4.69) is 6.58 Å². The van der Waals surface area contributed by atoms with E-state index >= 15 is 0 Å². The van der Waals surface area contributed by atoms with Gasteiger partial charge in [0.15, 0.2) is 0 Å². The molecule has 0 aliphatic heterocycles. The number of rotatable bonds is 4. The zero-order chi connectivity index (χ0) is 9.26. The Bertz CT molecular complexity index is 188. The molecule has 2 aliphatic carbocycles. The van der Waals surface area contributed by atoms with E-state index in [0.29, 0.717) is 0 Å². The molecule has 0 spiro atoms. The van der Waals surface area contributed by atoms with Gasteiger partial charge in [-0.05, 0) is 49.9 Å². The molecule has 0 amide bonds. The van der Waals surface area contributed by atoms with Gasteiger partial charge in [-0.2, -0.15) is 0 Å². The fraction of sp³-hybridized carbons (Fsp3) is 0.833. The van der Waals surface area contributed by atoms with Crippen molar-refractivity contribution in [1.29, 1.82) is 0 Å². The summed E-state index contributed by atoms with van der Waals surface area (Å²) >= 11 is 0. The van der Waals surface area contributed by atoms with Crippen LogP contribution in [0.4, 0.5) is 0 Å². The van der Waals surface area contributed by atoms with Crippen molar-refractivity contribution in [3.05, 3.63) is 12.7 Å². The van der Waals surface area contributed by atoms with Crippen molar-refractivity contribution >= 4 is 0 Å². The Morgan fingerprint density at radius 2 is 2.23 bits per heavy atom. The van der Waals surface area contributed by atoms with Crippen molar-refractivity contribution in [3.63, 3.8) is 0 Å². The number of aliphatic hydroxyl groups is 1. The van der Waals surface area contributed by atoms with E-state index in [0.717, 1.165) is 30.6 Å². The van der Waals surface area contributed by atoms with Crippen molar-refractivity contribution in [3.8, 4) is 0 Å². The van der Waals surface area contributed by atoms with Crippen molar-refractivity contribution in [2.24, 2.45) is 17.8 Å². The monoisotopic (exact) mass is 180 g/mol. The highest BCUT2D eigenvalue weighted by molar-refractivity contribution is 4.91. The molecule has 1 nitrogen and oxygen atoms in total. The van der Waals surface area contributed by atoms with E-state index in [-0.39, 0.29) is 6.10 Å². The van der Waals surface area contributed by atoms with Crippen LogP contribution in [0.2, 0.25) is 0 Å². The van der Waals surface area contributed by atoms with Gasteiger partial charge in [0.1, 0.15) is 0 Å². The molecular weight excluding hydrogens is 160 g/mol. The van der Waals surface area contributed by atoms with E-state index in [1.165, 1.54) is 25.7 Å². The lowest BCUT2D eigenvalue weighted by molar-refractivity contribution is 0.127. The van der Waals surface area contributed by atoms with E-state index in [4.69, 9.17) is 0 Å². The molecule has 2 rings (SSSR count). The molecule has 0 aromatic rings. The van der Waals surface area contributed by atoms with E-state index in [1.807, 2.05) is 6.08 Å². The Kier molecular flexibility index (Phi) is 2.73. The molecule has 4 atom stereocenters. The van der Waals surface area contributed by atoms with Crippen LogP contribution in [0.3, 0.4) is 0 Å². The quantitative estimate of drug-likeness (QED) is 0.659. The molecular formula is C12H20O. The van der Waals surface area contributed by atoms with Gasteiger partial charge in [-0.3, -0.25) is 0 Å². The summed E-state index contributed by atoms with van der Waals surface area (Å²) in [5.74, 6) is 2.78. The summed E-state index contributed by atoms with van der Waals surface area (Å²) in [6.07, 6.45) is 9.22. The molecule has 1 heteroatoms. The first kappa shape index (κ1) is 9.26. The van der Waals surface area contributed by atoms with Gasteiger partial charge in [0.25, 0.3) is 0 Å². The molecule has 2 saturated carbocycles.